The number of rotatable bonds is 0. The Bertz CT molecular complexity index is 336. The lowest BCUT2D eigenvalue weighted by Crippen LogP contribution is -2.13. The first-order valence-electron chi connectivity index (χ1n) is 3.53. The van der Waals surface area contributed by atoms with Crippen molar-refractivity contribution in [2.24, 2.45) is 0 Å². The van der Waals surface area contributed by atoms with E-state index in [4.69, 9.17) is 11.6 Å². The first kappa shape index (κ1) is 7.50. The van der Waals surface area contributed by atoms with Crippen LogP contribution in [-0.4, -0.2) is 16.9 Å². The fraction of sp³-hybridized carbons (Fsp3) is 0.111. The maximum absolute atomic E-state index is 11.3. The number of hydrogen-bond donors (Lipinski definition) is 0. The average Bonchev–Trinajstić information content (AvgIpc) is 2.33. The van der Waals surface area contributed by atoms with E-state index in [2.05, 4.69) is 0 Å². The molecule has 0 N–H and O–H groups in total. The largest absolute Gasteiger partial charge is 0.292 e. The zero-order valence-corrected chi connectivity index (χ0v) is 6.84. The second-order valence-electron chi connectivity index (χ2n) is 2.64. The number of fused-ring (bicyclic) bond motifs is 1. The average molecular weight is 181 g/mol. The highest BCUT2D eigenvalue weighted by Gasteiger charge is 2.36. The van der Waals surface area contributed by atoms with Gasteiger partial charge in [-0.2, -0.15) is 0 Å². The molecule has 0 saturated heterocycles. The SMILES string of the molecule is O=C1c2ccccc2C(=O)C1Cl. The van der Waals surface area contributed by atoms with Crippen LogP contribution in [0.2, 0.25) is 0 Å². The third kappa shape index (κ3) is 0.816. The van der Waals surface area contributed by atoms with Crippen LogP contribution < -0.4 is 0 Å². The van der Waals surface area contributed by atoms with Crippen molar-refractivity contribution in [2.75, 3.05) is 0 Å². The molecule has 0 unspecified atom stereocenters. The van der Waals surface area contributed by atoms with Gasteiger partial charge in [0.1, 0.15) is 0 Å². The van der Waals surface area contributed by atoms with Gasteiger partial charge in [0.15, 0.2) is 16.9 Å². The molecule has 1 aliphatic carbocycles. The van der Waals surface area contributed by atoms with Crippen molar-refractivity contribution in [3.8, 4) is 0 Å². The van der Waals surface area contributed by atoms with Crippen LogP contribution in [0.3, 0.4) is 0 Å². The standard InChI is InChI=1S/C9H5ClO2/c10-7-8(11)5-3-1-2-4-6(5)9(7)12/h1-4,7H. The van der Waals surface area contributed by atoms with Crippen LogP contribution in [0.15, 0.2) is 24.3 Å². The van der Waals surface area contributed by atoms with Gasteiger partial charge in [-0.3, -0.25) is 9.59 Å². The summed E-state index contributed by atoms with van der Waals surface area (Å²) < 4.78 is 0. The molecule has 0 spiro atoms. The van der Waals surface area contributed by atoms with Gasteiger partial charge in [0.05, 0.1) is 0 Å². The second kappa shape index (κ2) is 2.42. The second-order valence-corrected chi connectivity index (χ2v) is 3.07. The van der Waals surface area contributed by atoms with Crippen molar-refractivity contribution in [3.63, 3.8) is 0 Å². The zero-order chi connectivity index (χ0) is 8.72. The van der Waals surface area contributed by atoms with E-state index in [-0.39, 0.29) is 11.6 Å². The van der Waals surface area contributed by atoms with Crippen LogP contribution in [0.1, 0.15) is 20.7 Å². The summed E-state index contributed by atoms with van der Waals surface area (Å²) in [6, 6.07) is 6.69. The van der Waals surface area contributed by atoms with Crippen LogP contribution in [-0.2, 0) is 0 Å². The number of Topliss-reactive ketones (excluding diaryl/α,β-unsaturated/α-hetero) is 2. The summed E-state index contributed by atoms with van der Waals surface area (Å²) in [6.45, 7) is 0. The monoisotopic (exact) mass is 180 g/mol. The van der Waals surface area contributed by atoms with Gasteiger partial charge in [-0.25, -0.2) is 0 Å². The van der Waals surface area contributed by atoms with Gasteiger partial charge in [-0.15, -0.1) is 11.6 Å². The lowest BCUT2D eigenvalue weighted by atomic mass is 10.1. The predicted molar refractivity (Wildman–Crippen MR) is 44.7 cm³/mol. The summed E-state index contributed by atoms with van der Waals surface area (Å²) in [7, 11) is 0. The summed E-state index contributed by atoms with van der Waals surface area (Å²) >= 11 is 5.58. The summed E-state index contributed by atoms with van der Waals surface area (Å²) in [5.41, 5.74) is 0.894. The number of carbonyl (C=O) groups is 2. The molecule has 0 bridgehead atoms. The Labute approximate surface area is 74.1 Å². The van der Waals surface area contributed by atoms with Crippen LogP contribution in [0.25, 0.3) is 0 Å². The minimum Gasteiger partial charge on any atom is -0.292 e. The minimum absolute atomic E-state index is 0.280. The van der Waals surface area contributed by atoms with Crippen molar-refractivity contribution < 1.29 is 9.59 Å². The lowest BCUT2D eigenvalue weighted by Gasteiger charge is -1.90. The van der Waals surface area contributed by atoms with E-state index in [1.54, 1.807) is 24.3 Å². The molecule has 2 rings (SSSR count). The molecule has 0 aromatic heterocycles. The summed E-state index contributed by atoms with van der Waals surface area (Å²) in [4.78, 5) is 22.5. The van der Waals surface area contributed by atoms with Crippen LogP contribution >= 0.6 is 11.6 Å². The maximum atomic E-state index is 11.3. The number of alkyl halides is 1. The van der Waals surface area contributed by atoms with Gasteiger partial charge in [0.25, 0.3) is 0 Å². The van der Waals surface area contributed by atoms with Crippen LogP contribution in [0, 0.1) is 0 Å². The molecular formula is C9H5ClO2. The molecular weight excluding hydrogens is 176 g/mol. The van der Waals surface area contributed by atoms with Crippen molar-refractivity contribution in [2.45, 2.75) is 5.38 Å². The number of carbonyl (C=O) groups excluding carboxylic acids is 2. The number of hydrogen-bond acceptors (Lipinski definition) is 2. The highest BCUT2D eigenvalue weighted by Crippen LogP contribution is 2.24. The molecule has 0 saturated carbocycles. The van der Waals surface area contributed by atoms with Gasteiger partial charge in [-0.05, 0) is 0 Å². The lowest BCUT2D eigenvalue weighted by molar-refractivity contribution is 0.0928. The molecule has 3 heteroatoms. The van der Waals surface area contributed by atoms with E-state index in [1.165, 1.54) is 0 Å². The molecule has 0 atom stereocenters. The highest BCUT2D eigenvalue weighted by molar-refractivity contribution is 6.50. The Morgan fingerprint density at radius 3 is 1.83 bits per heavy atom. The smallest absolute Gasteiger partial charge is 0.189 e. The molecule has 0 amide bonds. The Hall–Kier alpha value is -1.15. The molecule has 0 radical (unpaired) electrons. The third-order valence-electron chi connectivity index (χ3n) is 1.92. The number of halogens is 1. The van der Waals surface area contributed by atoms with E-state index in [0.29, 0.717) is 11.1 Å². The van der Waals surface area contributed by atoms with E-state index in [0.717, 1.165) is 0 Å². The van der Waals surface area contributed by atoms with E-state index < -0.39 is 5.38 Å². The molecule has 0 fully saturated rings. The number of benzene rings is 1. The third-order valence-corrected chi connectivity index (χ3v) is 2.31. The van der Waals surface area contributed by atoms with Crippen LogP contribution in [0.5, 0.6) is 0 Å². The topological polar surface area (TPSA) is 34.1 Å². The molecule has 0 heterocycles. The van der Waals surface area contributed by atoms with E-state index >= 15 is 0 Å². The van der Waals surface area contributed by atoms with E-state index in [9.17, 15) is 9.59 Å². The normalized spacial score (nSPS) is 16.8. The van der Waals surface area contributed by atoms with E-state index in [1.807, 2.05) is 0 Å². The molecule has 1 aromatic rings. The fourth-order valence-electron chi connectivity index (χ4n) is 1.30. The Morgan fingerprint density at radius 2 is 1.42 bits per heavy atom. The van der Waals surface area contributed by atoms with Crippen molar-refractivity contribution in [1.82, 2.24) is 0 Å². The maximum Gasteiger partial charge on any atom is 0.189 e. The van der Waals surface area contributed by atoms with Crippen molar-refractivity contribution >= 4 is 23.2 Å². The summed E-state index contributed by atoms with van der Waals surface area (Å²) in [5.74, 6) is -0.561. The van der Waals surface area contributed by atoms with Gasteiger partial charge in [-0.1, -0.05) is 24.3 Å². The van der Waals surface area contributed by atoms with Gasteiger partial charge >= 0.3 is 0 Å². The Morgan fingerprint density at radius 1 is 1.00 bits per heavy atom. The molecule has 2 nitrogen and oxygen atoms in total. The Kier molecular flexibility index (Phi) is 1.51. The van der Waals surface area contributed by atoms with Gasteiger partial charge < -0.3 is 0 Å². The van der Waals surface area contributed by atoms with Crippen molar-refractivity contribution in [1.29, 1.82) is 0 Å². The quantitative estimate of drug-likeness (QED) is 0.450. The summed E-state index contributed by atoms with van der Waals surface area (Å²) in [6.07, 6.45) is 0. The molecule has 1 aromatic carbocycles. The first-order valence-corrected chi connectivity index (χ1v) is 3.97. The highest BCUT2D eigenvalue weighted by atomic mass is 35.5. The first-order chi connectivity index (χ1) is 5.72. The Balaban J connectivity index is 2.67. The van der Waals surface area contributed by atoms with Gasteiger partial charge in [0.2, 0.25) is 0 Å². The molecule has 0 aliphatic heterocycles. The molecule has 60 valence electrons. The van der Waals surface area contributed by atoms with Crippen molar-refractivity contribution in [3.05, 3.63) is 35.4 Å². The number of ketones is 2. The fourth-order valence-corrected chi connectivity index (χ4v) is 1.54. The minimum atomic E-state index is -0.998. The summed E-state index contributed by atoms with van der Waals surface area (Å²) in [5, 5.41) is -0.998. The molecule has 1 aliphatic rings. The predicted octanol–water partition coefficient (Wildman–Crippen LogP) is 1.67. The zero-order valence-electron chi connectivity index (χ0n) is 6.08. The van der Waals surface area contributed by atoms with Crippen LogP contribution in [0.4, 0.5) is 0 Å². The molecule has 12 heavy (non-hydrogen) atoms. The van der Waals surface area contributed by atoms with Gasteiger partial charge in [0, 0.05) is 11.1 Å².